The van der Waals surface area contributed by atoms with Crippen LogP contribution in [0.1, 0.15) is 15.4 Å². The second kappa shape index (κ2) is 4.64. The van der Waals surface area contributed by atoms with Crippen LogP contribution < -0.4 is 0 Å². The number of carbonyl (C=O) groups is 1. The first-order valence-corrected chi connectivity index (χ1v) is 6.22. The van der Waals surface area contributed by atoms with Crippen LogP contribution in [-0.2, 0) is 0 Å². The molecule has 0 atom stereocenters. The summed E-state index contributed by atoms with van der Waals surface area (Å²) in [6.07, 6.45) is 0. The van der Waals surface area contributed by atoms with E-state index >= 15 is 0 Å². The summed E-state index contributed by atoms with van der Waals surface area (Å²) in [7, 11) is 0. The summed E-state index contributed by atoms with van der Waals surface area (Å²) in [5, 5.41) is 10.5. The third-order valence-electron chi connectivity index (χ3n) is 2.11. The van der Waals surface area contributed by atoms with Gasteiger partial charge in [-0.05, 0) is 25.1 Å². The molecule has 0 spiro atoms. The number of carboxylic acids is 1. The van der Waals surface area contributed by atoms with Crippen LogP contribution in [0.3, 0.4) is 0 Å². The number of thiazole rings is 1. The van der Waals surface area contributed by atoms with Gasteiger partial charge in [0.05, 0.1) is 0 Å². The third kappa shape index (κ3) is 2.60. The van der Waals surface area contributed by atoms with Gasteiger partial charge in [-0.3, -0.25) is 0 Å². The second-order valence-corrected chi connectivity index (χ2v) is 5.46. The lowest BCUT2D eigenvalue weighted by atomic mass is 10.2. The number of aromatic carboxylic acids is 1. The first-order chi connectivity index (χ1) is 7.97. The number of rotatable bonds is 2. The van der Waals surface area contributed by atoms with Gasteiger partial charge >= 0.3 is 5.97 Å². The van der Waals surface area contributed by atoms with Crippen molar-refractivity contribution in [2.45, 2.75) is 6.92 Å². The van der Waals surface area contributed by atoms with E-state index in [0.29, 0.717) is 19.9 Å². The van der Waals surface area contributed by atoms with Crippen LogP contribution in [0.15, 0.2) is 18.2 Å². The first-order valence-electron chi connectivity index (χ1n) is 4.64. The van der Waals surface area contributed by atoms with Gasteiger partial charge in [0.15, 0.2) is 5.69 Å². The number of hydrogen-bond acceptors (Lipinski definition) is 3. The molecular formula is C11H7Cl2NO2S. The molecule has 0 saturated carbocycles. The Morgan fingerprint density at radius 2 is 1.88 bits per heavy atom. The average Bonchev–Trinajstić information content (AvgIpc) is 2.59. The van der Waals surface area contributed by atoms with Crippen molar-refractivity contribution < 1.29 is 9.90 Å². The Morgan fingerprint density at radius 3 is 2.35 bits per heavy atom. The fraction of sp³-hybridized carbons (Fsp3) is 0.0909. The number of benzene rings is 1. The molecule has 17 heavy (non-hydrogen) atoms. The van der Waals surface area contributed by atoms with Crippen molar-refractivity contribution in [1.29, 1.82) is 0 Å². The smallest absolute Gasteiger partial charge is 0.355 e. The van der Waals surface area contributed by atoms with Crippen LogP contribution in [0.25, 0.3) is 10.6 Å². The maximum Gasteiger partial charge on any atom is 0.355 e. The molecule has 0 amide bonds. The predicted molar refractivity (Wildman–Crippen MR) is 69.3 cm³/mol. The maximum atomic E-state index is 10.9. The summed E-state index contributed by atoms with van der Waals surface area (Å²) in [6.45, 7) is 1.72. The zero-order chi connectivity index (χ0) is 12.6. The minimum absolute atomic E-state index is 0.0705. The van der Waals surface area contributed by atoms with Gasteiger partial charge in [0.1, 0.15) is 5.01 Å². The molecule has 2 rings (SSSR count). The Morgan fingerprint density at radius 1 is 1.29 bits per heavy atom. The third-order valence-corrected chi connectivity index (χ3v) is 3.56. The molecule has 1 heterocycles. The van der Waals surface area contributed by atoms with Crippen LogP contribution in [0.2, 0.25) is 10.0 Å². The molecule has 1 aromatic carbocycles. The Hall–Kier alpha value is -1.10. The standard InChI is InChI=1S/C11H7Cl2NO2S/c1-5-9(11(15)16)14-10(17-5)6-2-7(12)4-8(13)3-6/h2-4H,1H3,(H,15,16). The molecule has 0 bridgehead atoms. The lowest BCUT2D eigenvalue weighted by Gasteiger charge is -1.98. The number of hydrogen-bond donors (Lipinski definition) is 1. The van der Waals surface area contributed by atoms with Crippen LogP contribution in [-0.4, -0.2) is 16.1 Å². The van der Waals surface area contributed by atoms with E-state index in [4.69, 9.17) is 28.3 Å². The van der Waals surface area contributed by atoms with Gasteiger partial charge < -0.3 is 5.11 Å². The molecule has 0 aliphatic rings. The molecule has 3 nitrogen and oxygen atoms in total. The number of carboxylic acid groups (broad SMARTS) is 1. The summed E-state index contributed by atoms with van der Waals surface area (Å²) < 4.78 is 0. The van der Waals surface area contributed by atoms with Gasteiger partial charge in [-0.15, -0.1) is 11.3 Å². The molecule has 0 radical (unpaired) electrons. The highest BCUT2D eigenvalue weighted by atomic mass is 35.5. The summed E-state index contributed by atoms with van der Waals surface area (Å²) in [4.78, 5) is 15.6. The molecule has 0 aliphatic heterocycles. The average molecular weight is 288 g/mol. The lowest BCUT2D eigenvalue weighted by molar-refractivity contribution is 0.0690. The lowest BCUT2D eigenvalue weighted by Crippen LogP contribution is -1.98. The molecule has 0 unspecified atom stereocenters. The van der Waals surface area contributed by atoms with Crippen molar-refractivity contribution >= 4 is 40.5 Å². The summed E-state index contributed by atoms with van der Waals surface area (Å²) >= 11 is 13.1. The topological polar surface area (TPSA) is 50.2 Å². The van der Waals surface area contributed by atoms with Crippen LogP contribution in [0.4, 0.5) is 0 Å². The minimum atomic E-state index is -1.03. The quantitative estimate of drug-likeness (QED) is 0.904. The Balaban J connectivity index is 2.53. The van der Waals surface area contributed by atoms with Gasteiger partial charge in [-0.25, -0.2) is 9.78 Å². The Bertz CT molecular complexity index is 575. The first kappa shape index (κ1) is 12.4. The monoisotopic (exact) mass is 287 g/mol. The molecular weight excluding hydrogens is 281 g/mol. The van der Waals surface area contributed by atoms with E-state index < -0.39 is 5.97 Å². The van der Waals surface area contributed by atoms with Crippen molar-refractivity contribution in [3.8, 4) is 10.6 Å². The normalized spacial score (nSPS) is 10.5. The summed E-state index contributed by atoms with van der Waals surface area (Å²) in [5.41, 5.74) is 0.796. The van der Waals surface area contributed by atoms with E-state index in [1.54, 1.807) is 25.1 Å². The van der Waals surface area contributed by atoms with Crippen molar-refractivity contribution in [3.05, 3.63) is 38.8 Å². The predicted octanol–water partition coefficient (Wildman–Crippen LogP) is 4.12. The second-order valence-electron chi connectivity index (χ2n) is 3.39. The van der Waals surface area contributed by atoms with Gasteiger partial charge in [0.25, 0.3) is 0 Å². The van der Waals surface area contributed by atoms with Crippen LogP contribution >= 0.6 is 34.5 Å². The highest BCUT2D eigenvalue weighted by molar-refractivity contribution is 7.15. The fourth-order valence-electron chi connectivity index (χ4n) is 1.40. The van der Waals surface area contributed by atoms with Gasteiger partial charge in [-0.2, -0.15) is 0 Å². The number of nitrogens with zero attached hydrogens (tertiary/aromatic N) is 1. The summed E-state index contributed by atoms with van der Waals surface area (Å²) in [5.74, 6) is -1.03. The van der Waals surface area contributed by atoms with E-state index in [-0.39, 0.29) is 5.69 Å². The van der Waals surface area contributed by atoms with Gasteiger partial charge in [0.2, 0.25) is 0 Å². The molecule has 0 saturated heterocycles. The highest BCUT2D eigenvalue weighted by Crippen LogP contribution is 2.31. The SMILES string of the molecule is Cc1sc(-c2cc(Cl)cc(Cl)c2)nc1C(=O)O. The largest absolute Gasteiger partial charge is 0.476 e. The van der Waals surface area contributed by atoms with Crippen molar-refractivity contribution in [1.82, 2.24) is 4.98 Å². The highest BCUT2D eigenvalue weighted by Gasteiger charge is 2.15. The fourth-order valence-corrected chi connectivity index (χ4v) is 2.81. The van der Waals surface area contributed by atoms with E-state index in [1.807, 2.05) is 0 Å². The van der Waals surface area contributed by atoms with E-state index in [1.165, 1.54) is 11.3 Å². The van der Waals surface area contributed by atoms with Crippen molar-refractivity contribution in [2.75, 3.05) is 0 Å². The van der Waals surface area contributed by atoms with Crippen LogP contribution in [0.5, 0.6) is 0 Å². The van der Waals surface area contributed by atoms with Crippen molar-refractivity contribution in [2.24, 2.45) is 0 Å². The maximum absolute atomic E-state index is 10.9. The molecule has 2 aromatic rings. The molecule has 0 aliphatic carbocycles. The molecule has 1 N–H and O–H groups in total. The van der Waals surface area contributed by atoms with Crippen molar-refractivity contribution in [3.63, 3.8) is 0 Å². The minimum Gasteiger partial charge on any atom is -0.476 e. The van der Waals surface area contributed by atoms with Gasteiger partial charge in [-0.1, -0.05) is 23.2 Å². The zero-order valence-electron chi connectivity index (χ0n) is 8.70. The van der Waals surface area contributed by atoms with E-state index in [2.05, 4.69) is 4.98 Å². The number of aromatic nitrogens is 1. The van der Waals surface area contributed by atoms with E-state index in [0.717, 1.165) is 5.56 Å². The number of halogens is 2. The summed E-state index contributed by atoms with van der Waals surface area (Å²) in [6, 6.07) is 5.03. The number of aryl methyl sites for hydroxylation is 1. The Kier molecular flexibility index (Phi) is 3.38. The molecule has 6 heteroatoms. The van der Waals surface area contributed by atoms with E-state index in [9.17, 15) is 4.79 Å². The zero-order valence-corrected chi connectivity index (χ0v) is 11.0. The molecule has 0 fully saturated rings. The molecule has 88 valence electrons. The van der Waals surface area contributed by atoms with Crippen LogP contribution in [0, 0.1) is 6.92 Å². The van der Waals surface area contributed by atoms with Gasteiger partial charge in [0, 0.05) is 20.5 Å². The Labute approximate surface area is 112 Å². The molecule has 1 aromatic heterocycles.